The Kier molecular flexibility index (Phi) is 8.27. The van der Waals surface area contributed by atoms with Crippen LogP contribution in [0.2, 0.25) is 0 Å². The summed E-state index contributed by atoms with van der Waals surface area (Å²) in [5.41, 5.74) is 5.60. The number of hydrogen-bond acceptors (Lipinski definition) is 7. The van der Waals surface area contributed by atoms with Crippen molar-refractivity contribution in [2.75, 3.05) is 49.5 Å². The first-order chi connectivity index (χ1) is 22.8. The fourth-order valence-corrected chi connectivity index (χ4v) is 6.95. The number of piperidine rings is 1. The van der Waals surface area contributed by atoms with Crippen molar-refractivity contribution >= 4 is 40.4 Å². The van der Waals surface area contributed by atoms with Gasteiger partial charge in [-0.3, -0.25) is 14.8 Å². The van der Waals surface area contributed by atoms with Crippen molar-refractivity contribution < 1.29 is 18.8 Å². The van der Waals surface area contributed by atoms with E-state index in [0.717, 1.165) is 28.1 Å². The van der Waals surface area contributed by atoms with E-state index in [2.05, 4.69) is 25.5 Å². The quantitative estimate of drug-likeness (QED) is 0.294. The number of aromatic nitrogens is 2. The number of nitrogens with one attached hydrogen (secondary N) is 3. The van der Waals surface area contributed by atoms with Gasteiger partial charge in [-0.05, 0) is 60.7 Å². The average molecular weight is 639 g/mol. The van der Waals surface area contributed by atoms with Crippen molar-refractivity contribution in [3.05, 3.63) is 88.2 Å². The topological polar surface area (TPSA) is 147 Å². The van der Waals surface area contributed by atoms with E-state index in [9.17, 15) is 19.2 Å². The normalized spacial score (nSPS) is 17.8. The summed E-state index contributed by atoms with van der Waals surface area (Å²) in [5, 5.41) is 6.03. The highest BCUT2D eigenvalue weighted by atomic mass is 16.4. The van der Waals surface area contributed by atoms with Crippen molar-refractivity contribution in [3.63, 3.8) is 0 Å². The minimum absolute atomic E-state index is 0.00670. The van der Waals surface area contributed by atoms with Crippen LogP contribution in [0, 0.1) is 6.92 Å². The maximum atomic E-state index is 14.0. The molecule has 0 radical (unpaired) electrons. The number of aromatic amines is 1. The summed E-state index contributed by atoms with van der Waals surface area (Å²) in [6, 6.07) is 14.1. The number of amides is 5. The summed E-state index contributed by atoms with van der Waals surface area (Å²) in [5.74, 6) is -0.692. The SMILES string of the molecule is Cc1cc(CC(NC(=O)N2CCC(N3Cc4ccccc4NC3=O)CC2)C(=O)N2CCN(c3ccncc3)CC2)cc2oc(=O)[nH]c12. The van der Waals surface area contributed by atoms with Crippen LogP contribution in [-0.4, -0.2) is 94.0 Å². The number of urea groups is 2. The molecular weight excluding hydrogens is 600 g/mol. The van der Waals surface area contributed by atoms with Crippen LogP contribution in [0.3, 0.4) is 0 Å². The number of carbonyl (C=O) groups is 3. The maximum absolute atomic E-state index is 14.0. The van der Waals surface area contributed by atoms with Crippen LogP contribution < -0.4 is 21.3 Å². The highest BCUT2D eigenvalue weighted by molar-refractivity contribution is 5.92. The zero-order chi connectivity index (χ0) is 32.5. The Labute approximate surface area is 271 Å². The van der Waals surface area contributed by atoms with Crippen molar-refractivity contribution in [1.82, 2.24) is 30.0 Å². The second-order valence-corrected chi connectivity index (χ2v) is 12.5. The monoisotopic (exact) mass is 638 g/mol. The van der Waals surface area contributed by atoms with Gasteiger partial charge in [0.25, 0.3) is 0 Å². The second kappa shape index (κ2) is 12.8. The summed E-state index contributed by atoms with van der Waals surface area (Å²) in [6.07, 6.45) is 5.03. The van der Waals surface area contributed by atoms with Crippen LogP contribution in [0.4, 0.5) is 21.0 Å². The van der Waals surface area contributed by atoms with Gasteiger partial charge in [0.2, 0.25) is 5.91 Å². The predicted octanol–water partition coefficient (Wildman–Crippen LogP) is 3.31. The lowest BCUT2D eigenvalue weighted by molar-refractivity contribution is -0.133. The molecule has 0 bridgehead atoms. The number of para-hydroxylation sites is 1. The number of aryl methyl sites for hydroxylation is 1. The second-order valence-electron chi connectivity index (χ2n) is 12.5. The van der Waals surface area contributed by atoms with Gasteiger partial charge in [-0.25, -0.2) is 14.4 Å². The molecule has 2 aromatic carbocycles. The molecule has 4 aromatic rings. The lowest BCUT2D eigenvalue weighted by Gasteiger charge is -2.41. The number of pyridine rings is 1. The number of oxazole rings is 1. The van der Waals surface area contributed by atoms with Crippen LogP contribution >= 0.6 is 0 Å². The summed E-state index contributed by atoms with van der Waals surface area (Å²) < 4.78 is 5.32. The molecule has 0 aliphatic carbocycles. The van der Waals surface area contributed by atoms with E-state index in [4.69, 9.17) is 4.42 Å². The van der Waals surface area contributed by atoms with Gasteiger partial charge in [-0.1, -0.05) is 24.3 Å². The molecule has 2 aromatic heterocycles. The fraction of sp³-hybridized carbons (Fsp3) is 0.382. The van der Waals surface area contributed by atoms with Gasteiger partial charge in [0.1, 0.15) is 6.04 Å². The van der Waals surface area contributed by atoms with Crippen LogP contribution in [0.5, 0.6) is 0 Å². The lowest BCUT2D eigenvalue weighted by atomic mass is 10.0. The first-order valence-electron chi connectivity index (χ1n) is 16.1. The van der Waals surface area contributed by atoms with E-state index in [1.54, 1.807) is 23.4 Å². The minimum Gasteiger partial charge on any atom is -0.408 e. The number of nitrogens with zero attached hydrogens (tertiary/aromatic N) is 5. The van der Waals surface area contributed by atoms with E-state index in [1.165, 1.54) is 0 Å². The largest absolute Gasteiger partial charge is 0.417 e. The van der Waals surface area contributed by atoms with E-state index in [1.807, 2.05) is 59.2 Å². The molecule has 2 fully saturated rings. The van der Waals surface area contributed by atoms with E-state index in [0.29, 0.717) is 69.8 Å². The van der Waals surface area contributed by atoms with Crippen LogP contribution in [0.15, 0.2) is 70.1 Å². The predicted molar refractivity (Wildman–Crippen MR) is 176 cm³/mol. The van der Waals surface area contributed by atoms with Crippen molar-refractivity contribution in [3.8, 4) is 0 Å². The Hall–Kier alpha value is -5.33. The van der Waals surface area contributed by atoms with Gasteiger partial charge in [-0.2, -0.15) is 0 Å². The van der Waals surface area contributed by atoms with Gasteiger partial charge in [0.05, 0.1) is 5.52 Å². The number of rotatable bonds is 6. The third-order valence-corrected chi connectivity index (χ3v) is 9.50. The smallest absolute Gasteiger partial charge is 0.408 e. The number of hydrogen-bond donors (Lipinski definition) is 3. The van der Waals surface area contributed by atoms with Crippen LogP contribution in [-0.2, 0) is 17.8 Å². The molecule has 13 nitrogen and oxygen atoms in total. The third-order valence-electron chi connectivity index (χ3n) is 9.50. The van der Waals surface area contributed by atoms with E-state index >= 15 is 0 Å². The zero-order valence-electron chi connectivity index (χ0n) is 26.3. The Morgan fingerprint density at radius 2 is 1.72 bits per heavy atom. The third kappa shape index (κ3) is 6.38. The number of benzene rings is 2. The first kappa shape index (κ1) is 30.3. The summed E-state index contributed by atoms with van der Waals surface area (Å²) in [7, 11) is 0. The lowest BCUT2D eigenvalue weighted by Crippen LogP contribution is -2.58. The average Bonchev–Trinajstić information content (AvgIpc) is 3.48. The van der Waals surface area contributed by atoms with Gasteiger partial charge in [0, 0.05) is 82.0 Å². The van der Waals surface area contributed by atoms with Crippen molar-refractivity contribution in [2.24, 2.45) is 0 Å². The molecule has 3 aliphatic rings. The molecule has 0 saturated carbocycles. The molecule has 1 atom stereocenters. The number of H-pyrrole nitrogens is 1. The molecule has 0 spiro atoms. The molecule has 244 valence electrons. The van der Waals surface area contributed by atoms with Gasteiger partial charge < -0.3 is 34.7 Å². The number of anilines is 2. The first-order valence-corrected chi connectivity index (χ1v) is 16.1. The highest BCUT2D eigenvalue weighted by Gasteiger charge is 2.35. The van der Waals surface area contributed by atoms with Crippen LogP contribution in [0.1, 0.15) is 29.5 Å². The molecule has 3 aliphatic heterocycles. The van der Waals surface area contributed by atoms with Crippen molar-refractivity contribution in [2.45, 2.75) is 44.8 Å². The summed E-state index contributed by atoms with van der Waals surface area (Å²) in [6.45, 7) is 5.71. The summed E-state index contributed by atoms with van der Waals surface area (Å²) >= 11 is 0. The van der Waals surface area contributed by atoms with E-state index in [-0.39, 0.29) is 30.4 Å². The number of fused-ring (bicyclic) bond motifs is 2. The molecule has 5 amide bonds. The number of carbonyl (C=O) groups excluding carboxylic acids is 3. The summed E-state index contributed by atoms with van der Waals surface area (Å²) in [4.78, 5) is 66.9. The molecule has 5 heterocycles. The standard InChI is InChI=1S/C34H38N8O5/c1-22-18-23(20-29-30(22)38-34(46)47-29)19-28(31(43)40-16-14-39(15-17-40)25-6-10-35-11-7-25)37-32(44)41-12-8-26(9-13-41)42-21-24-4-2-3-5-27(24)36-33(42)45/h2-7,10-11,18,20,26,28H,8-9,12-17,19,21H2,1H3,(H,36,45)(H,37,44)(H,38,46). The maximum Gasteiger partial charge on any atom is 0.417 e. The molecule has 7 rings (SSSR count). The molecular formula is C34H38N8O5. The highest BCUT2D eigenvalue weighted by Crippen LogP contribution is 2.28. The van der Waals surface area contributed by atoms with Gasteiger partial charge >= 0.3 is 17.8 Å². The Morgan fingerprint density at radius 3 is 2.49 bits per heavy atom. The van der Waals surface area contributed by atoms with Gasteiger partial charge in [0.15, 0.2) is 5.58 Å². The van der Waals surface area contributed by atoms with E-state index < -0.39 is 11.8 Å². The van der Waals surface area contributed by atoms with Gasteiger partial charge in [-0.15, -0.1) is 0 Å². The fourth-order valence-electron chi connectivity index (χ4n) is 6.95. The minimum atomic E-state index is -0.820. The number of piperazine rings is 1. The Morgan fingerprint density at radius 1 is 0.979 bits per heavy atom. The molecule has 2 saturated heterocycles. The van der Waals surface area contributed by atoms with Crippen LogP contribution in [0.25, 0.3) is 11.1 Å². The number of likely N-dealkylation sites (tertiary alicyclic amines) is 1. The Balaban J connectivity index is 1.03. The van der Waals surface area contributed by atoms with Crippen molar-refractivity contribution in [1.29, 1.82) is 0 Å². The Bertz CT molecular complexity index is 1840. The molecule has 1 unspecified atom stereocenters. The molecule has 3 N–H and O–H groups in total. The zero-order valence-corrected chi connectivity index (χ0v) is 26.3. The molecule has 47 heavy (non-hydrogen) atoms. The molecule has 13 heteroatoms.